The van der Waals surface area contributed by atoms with E-state index in [1.165, 1.54) is 14.0 Å². The average Bonchev–Trinajstić information content (AvgIpc) is 2.30. The maximum absolute atomic E-state index is 13.7. The number of nitrogens with zero attached hydrogens (tertiary/aromatic N) is 1. The van der Waals surface area contributed by atoms with Gasteiger partial charge >= 0.3 is 5.97 Å². The molecule has 0 amide bonds. The van der Waals surface area contributed by atoms with Crippen LogP contribution >= 0.6 is 0 Å². The van der Waals surface area contributed by atoms with Crippen molar-refractivity contribution in [2.24, 2.45) is 7.05 Å². The second-order valence-corrected chi connectivity index (χ2v) is 3.92. The molecule has 0 saturated heterocycles. The molecular formula is C12H9F2NO3. The number of rotatable bonds is 1. The highest BCUT2D eigenvalue weighted by Gasteiger charge is 2.22. The number of fused-ring (bicyclic) bond motifs is 1. The third-order valence-electron chi connectivity index (χ3n) is 2.88. The van der Waals surface area contributed by atoms with Crippen LogP contribution in [0.2, 0.25) is 0 Å². The zero-order valence-corrected chi connectivity index (χ0v) is 9.62. The predicted octanol–water partition coefficient (Wildman–Crippen LogP) is 1.82. The molecule has 1 heterocycles. The van der Waals surface area contributed by atoms with Crippen LogP contribution in [0.1, 0.15) is 15.9 Å². The van der Waals surface area contributed by atoms with Crippen molar-refractivity contribution in [1.29, 1.82) is 0 Å². The minimum atomic E-state index is -1.46. The van der Waals surface area contributed by atoms with Gasteiger partial charge in [-0.15, -0.1) is 0 Å². The molecule has 0 spiro atoms. The van der Waals surface area contributed by atoms with Crippen molar-refractivity contribution in [3.8, 4) is 0 Å². The van der Waals surface area contributed by atoms with Crippen LogP contribution in [-0.4, -0.2) is 15.6 Å². The predicted molar refractivity (Wildman–Crippen MR) is 60.8 cm³/mol. The number of hydrogen-bond donors (Lipinski definition) is 1. The molecule has 0 saturated carbocycles. The van der Waals surface area contributed by atoms with E-state index < -0.39 is 28.7 Å². The average molecular weight is 253 g/mol. The lowest BCUT2D eigenvalue weighted by molar-refractivity contribution is 0.0697. The van der Waals surface area contributed by atoms with E-state index in [-0.39, 0.29) is 16.5 Å². The molecule has 0 fully saturated rings. The molecule has 6 heteroatoms. The molecule has 0 unspecified atom stereocenters. The Morgan fingerprint density at radius 2 is 1.83 bits per heavy atom. The van der Waals surface area contributed by atoms with E-state index in [4.69, 9.17) is 5.11 Å². The van der Waals surface area contributed by atoms with Gasteiger partial charge < -0.3 is 9.67 Å². The molecule has 0 aliphatic rings. The van der Waals surface area contributed by atoms with Crippen LogP contribution < -0.4 is 5.56 Å². The Morgan fingerprint density at radius 3 is 2.39 bits per heavy atom. The Morgan fingerprint density at radius 1 is 1.28 bits per heavy atom. The van der Waals surface area contributed by atoms with E-state index >= 15 is 0 Å². The summed E-state index contributed by atoms with van der Waals surface area (Å²) in [6, 6.07) is 1.70. The lowest BCUT2D eigenvalue weighted by Gasteiger charge is -2.11. The highest BCUT2D eigenvalue weighted by Crippen LogP contribution is 2.24. The van der Waals surface area contributed by atoms with E-state index in [1.807, 2.05) is 0 Å². The van der Waals surface area contributed by atoms with Gasteiger partial charge in [-0.25, -0.2) is 13.6 Å². The minimum absolute atomic E-state index is 0.123. The summed E-state index contributed by atoms with van der Waals surface area (Å²) in [6.07, 6.45) is 0. The first kappa shape index (κ1) is 12.2. The number of hydrogen-bond acceptors (Lipinski definition) is 2. The van der Waals surface area contributed by atoms with Gasteiger partial charge in [0.2, 0.25) is 0 Å². The van der Waals surface area contributed by atoms with Crippen LogP contribution in [0.3, 0.4) is 0 Å². The first-order valence-corrected chi connectivity index (χ1v) is 5.06. The Balaban J connectivity index is 3.23. The topological polar surface area (TPSA) is 59.3 Å². The Labute approximate surface area is 100 Å². The highest BCUT2D eigenvalue weighted by molar-refractivity contribution is 6.04. The van der Waals surface area contributed by atoms with Gasteiger partial charge in [0, 0.05) is 12.6 Å². The molecule has 1 aromatic heterocycles. The number of aryl methyl sites for hydroxylation is 1. The van der Waals surface area contributed by atoms with E-state index in [0.29, 0.717) is 0 Å². The summed E-state index contributed by atoms with van der Waals surface area (Å²) < 4.78 is 28.3. The molecule has 1 aromatic carbocycles. The number of carboxylic acids is 1. The van der Waals surface area contributed by atoms with Crippen LogP contribution in [0.4, 0.5) is 8.78 Å². The van der Waals surface area contributed by atoms with Crippen molar-refractivity contribution in [2.75, 3.05) is 0 Å². The molecule has 0 atom stereocenters. The number of benzene rings is 1. The third kappa shape index (κ3) is 1.49. The molecule has 94 valence electrons. The van der Waals surface area contributed by atoms with E-state index in [9.17, 15) is 18.4 Å². The van der Waals surface area contributed by atoms with Crippen molar-refractivity contribution >= 4 is 16.9 Å². The molecule has 0 radical (unpaired) electrons. The standard InChI is InChI=1S/C12H9F2NO3/c1-5-8(12(17)18)9-6(13)3-4-7(14)10(9)15(2)11(5)16/h3-4H,1-2H3,(H,17,18). The zero-order chi connectivity index (χ0) is 13.6. The Kier molecular flexibility index (Phi) is 2.65. The number of carboxylic acid groups (broad SMARTS) is 1. The smallest absolute Gasteiger partial charge is 0.336 e. The second-order valence-electron chi connectivity index (χ2n) is 3.92. The van der Waals surface area contributed by atoms with Crippen LogP contribution in [0.5, 0.6) is 0 Å². The van der Waals surface area contributed by atoms with Crippen molar-refractivity contribution in [3.63, 3.8) is 0 Å². The van der Waals surface area contributed by atoms with Gasteiger partial charge in [-0.2, -0.15) is 0 Å². The Bertz CT molecular complexity index is 734. The fraction of sp³-hybridized carbons (Fsp3) is 0.167. The number of halogens is 2. The maximum atomic E-state index is 13.7. The SMILES string of the molecule is Cc1c(C(=O)O)c2c(F)ccc(F)c2n(C)c1=O. The summed E-state index contributed by atoms with van der Waals surface area (Å²) in [6.45, 7) is 1.27. The largest absolute Gasteiger partial charge is 0.478 e. The van der Waals surface area contributed by atoms with Gasteiger partial charge in [-0.05, 0) is 19.1 Å². The summed E-state index contributed by atoms with van der Waals surface area (Å²) in [4.78, 5) is 22.9. The van der Waals surface area contributed by atoms with Gasteiger partial charge in [-0.1, -0.05) is 0 Å². The minimum Gasteiger partial charge on any atom is -0.478 e. The zero-order valence-electron chi connectivity index (χ0n) is 9.62. The number of aromatic nitrogens is 1. The molecule has 4 nitrogen and oxygen atoms in total. The van der Waals surface area contributed by atoms with Crippen LogP contribution in [0.25, 0.3) is 10.9 Å². The first-order valence-electron chi connectivity index (χ1n) is 5.06. The van der Waals surface area contributed by atoms with Crippen molar-refractivity contribution in [3.05, 3.63) is 45.2 Å². The summed E-state index contributed by atoms with van der Waals surface area (Å²) >= 11 is 0. The fourth-order valence-electron chi connectivity index (χ4n) is 2.02. The highest BCUT2D eigenvalue weighted by atomic mass is 19.1. The van der Waals surface area contributed by atoms with E-state index in [0.717, 1.165) is 16.7 Å². The molecular weight excluding hydrogens is 244 g/mol. The van der Waals surface area contributed by atoms with Crippen molar-refractivity contribution in [1.82, 2.24) is 4.57 Å². The van der Waals surface area contributed by atoms with Crippen molar-refractivity contribution < 1.29 is 18.7 Å². The summed E-state index contributed by atoms with van der Waals surface area (Å²) in [7, 11) is 1.27. The first-order chi connectivity index (χ1) is 8.36. The van der Waals surface area contributed by atoms with E-state index in [2.05, 4.69) is 0 Å². The molecule has 2 aromatic rings. The molecule has 0 aliphatic carbocycles. The number of carbonyl (C=O) groups is 1. The molecule has 0 aliphatic heterocycles. The maximum Gasteiger partial charge on any atom is 0.336 e. The summed E-state index contributed by atoms with van der Waals surface area (Å²) in [5, 5.41) is 8.67. The van der Waals surface area contributed by atoms with Gasteiger partial charge in [0.15, 0.2) is 0 Å². The monoisotopic (exact) mass is 253 g/mol. The van der Waals surface area contributed by atoms with Crippen LogP contribution in [-0.2, 0) is 7.05 Å². The molecule has 2 rings (SSSR count). The molecule has 18 heavy (non-hydrogen) atoms. The lowest BCUT2D eigenvalue weighted by atomic mass is 10.0. The van der Waals surface area contributed by atoms with Gasteiger partial charge in [0.1, 0.15) is 11.6 Å². The van der Waals surface area contributed by atoms with E-state index in [1.54, 1.807) is 0 Å². The number of pyridine rings is 1. The summed E-state index contributed by atoms with van der Waals surface area (Å²) in [5.74, 6) is -3.17. The van der Waals surface area contributed by atoms with Gasteiger partial charge in [0.05, 0.1) is 16.5 Å². The number of aromatic carboxylic acids is 1. The molecule has 0 bridgehead atoms. The third-order valence-corrected chi connectivity index (χ3v) is 2.88. The Hall–Kier alpha value is -2.24. The quantitative estimate of drug-likeness (QED) is 0.843. The van der Waals surface area contributed by atoms with Gasteiger partial charge in [0.25, 0.3) is 5.56 Å². The molecule has 1 N–H and O–H groups in total. The fourth-order valence-corrected chi connectivity index (χ4v) is 2.02. The lowest BCUT2D eigenvalue weighted by Crippen LogP contribution is -2.24. The van der Waals surface area contributed by atoms with Crippen LogP contribution in [0.15, 0.2) is 16.9 Å². The normalized spacial score (nSPS) is 10.9. The second kappa shape index (κ2) is 3.90. The summed E-state index contributed by atoms with van der Waals surface area (Å²) in [5.41, 5.74) is -1.63. The van der Waals surface area contributed by atoms with Gasteiger partial charge in [-0.3, -0.25) is 4.79 Å². The van der Waals surface area contributed by atoms with Crippen molar-refractivity contribution in [2.45, 2.75) is 6.92 Å². The van der Waals surface area contributed by atoms with Crippen LogP contribution in [0, 0.1) is 18.6 Å².